The zero-order valence-corrected chi connectivity index (χ0v) is 13.7. The van der Waals surface area contributed by atoms with Crippen LogP contribution < -0.4 is 14.8 Å². The standard InChI is InChI=1S/C19H15N3O3/c1-24-17-7-6-16(10-18(17)25-2)22-19(23)15(12-21)9-13-4-3-5-14(8-13)11-20/h3-10H,1-2H3,(H,22,23)/b15-9+. The number of hydrogen-bond donors (Lipinski definition) is 1. The summed E-state index contributed by atoms with van der Waals surface area (Å²) in [6.07, 6.45) is 1.43. The van der Waals surface area contributed by atoms with Gasteiger partial charge in [0.05, 0.1) is 25.9 Å². The first-order chi connectivity index (χ1) is 12.1. The summed E-state index contributed by atoms with van der Waals surface area (Å²) in [5, 5.41) is 20.8. The van der Waals surface area contributed by atoms with E-state index in [1.807, 2.05) is 12.1 Å². The molecule has 0 saturated heterocycles. The van der Waals surface area contributed by atoms with Crippen LogP contribution in [-0.4, -0.2) is 20.1 Å². The van der Waals surface area contributed by atoms with Crippen LogP contribution in [0.5, 0.6) is 11.5 Å². The number of ether oxygens (including phenoxy) is 2. The Labute approximate surface area is 145 Å². The second-order valence-electron chi connectivity index (χ2n) is 4.93. The number of carbonyl (C=O) groups is 1. The van der Waals surface area contributed by atoms with Crippen LogP contribution in [0.3, 0.4) is 0 Å². The van der Waals surface area contributed by atoms with E-state index in [1.165, 1.54) is 20.3 Å². The van der Waals surface area contributed by atoms with Crippen molar-refractivity contribution in [1.29, 1.82) is 10.5 Å². The first-order valence-electron chi connectivity index (χ1n) is 7.26. The number of carbonyl (C=O) groups excluding carboxylic acids is 1. The van der Waals surface area contributed by atoms with Crippen LogP contribution in [0.25, 0.3) is 6.08 Å². The maximum absolute atomic E-state index is 12.3. The van der Waals surface area contributed by atoms with Gasteiger partial charge in [0.15, 0.2) is 11.5 Å². The maximum Gasteiger partial charge on any atom is 0.266 e. The molecule has 0 bridgehead atoms. The molecular formula is C19H15N3O3. The normalized spacial score (nSPS) is 10.3. The molecule has 0 fully saturated rings. The summed E-state index contributed by atoms with van der Waals surface area (Å²) in [5.41, 5.74) is 1.43. The molecule has 124 valence electrons. The molecule has 0 aliphatic rings. The van der Waals surface area contributed by atoms with Gasteiger partial charge in [0.2, 0.25) is 0 Å². The van der Waals surface area contributed by atoms with Crippen molar-refractivity contribution in [3.8, 4) is 23.6 Å². The average Bonchev–Trinajstić information content (AvgIpc) is 2.65. The Hall–Kier alpha value is -3.77. The average molecular weight is 333 g/mol. The van der Waals surface area contributed by atoms with Crippen LogP contribution in [0.1, 0.15) is 11.1 Å². The molecule has 0 spiro atoms. The fourth-order valence-corrected chi connectivity index (χ4v) is 2.13. The lowest BCUT2D eigenvalue weighted by atomic mass is 10.1. The number of benzene rings is 2. The van der Waals surface area contributed by atoms with Crippen molar-refractivity contribution >= 4 is 17.7 Å². The maximum atomic E-state index is 12.3. The van der Waals surface area contributed by atoms with E-state index >= 15 is 0 Å². The van der Waals surface area contributed by atoms with E-state index in [1.54, 1.807) is 42.5 Å². The third kappa shape index (κ3) is 4.37. The van der Waals surface area contributed by atoms with Gasteiger partial charge in [-0.2, -0.15) is 10.5 Å². The molecule has 0 aliphatic heterocycles. The highest BCUT2D eigenvalue weighted by Gasteiger charge is 2.12. The second kappa shape index (κ2) is 8.19. The van der Waals surface area contributed by atoms with E-state index in [0.717, 1.165) is 0 Å². The Morgan fingerprint density at radius 1 is 1.08 bits per heavy atom. The molecule has 2 rings (SSSR count). The van der Waals surface area contributed by atoms with Crippen molar-refractivity contribution in [3.05, 3.63) is 59.2 Å². The highest BCUT2D eigenvalue weighted by atomic mass is 16.5. The molecule has 0 saturated carbocycles. The van der Waals surface area contributed by atoms with E-state index in [4.69, 9.17) is 14.7 Å². The van der Waals surface area contributed by atoms with Gasteiger partial charge in [0.1, 0.15) is 11.6 Å². The van der Waals surface area contributed by atoms with Gasteiger partial charge in [-0.3, -0.25) is 4.79 Å². The van der Waals surface area contributed by atoms with E-state index in [9.17, 15) is 10.1 Å². The van der Waals surface area contributed by atoms with Gasteiger partial charge < -0.3 is 14.8 Å². The molecule has 0 heterocycles. The summed E-state index contributed by atoms with van der Waals surface area (Å²) in [4.78, 5) is 12.3. The highest BCUT2D eigenvalue weighted by molar-refractivity contribution is 6.09. The van der Waals surface area contributed by atoms with Gasteiger partial charge in [-0.1, -0.05) is 12.1 Å². The fraction of sp³-hybridized carbons (Fsp3) is 0.105. The Bertz CT molecular complexity index is 905. The molecule has 25 heavy (non-hydrogen) atoms. The summed E-state index contributed by atoms with van der Waals surface area (Å²) < 4.78 is 10.3. The molecule has 0 aliphatic carbocycles. The molecular weight excluding hydrogens is 318 g/mol. The van der Waals surface area contributed by atoms with Crippen LogP contribution in [0, 0.1) is 22.7 Å². The molecule has 2 aromatic rings. The van der Waals surface area contributed by atoms with E-state index in [2.05, 4.69) is 5.32 Å². The zero-order valence-electron chi connectivity index (χ0n) is 13.7. The zero-order chi connectivity index (χ0) is 18.2. The molecule has 1 N–H and O–H groups in total. The minimum absolute atomic E-state index is 0.0788. The topological polar surface area (TPSA) is 95.1 Å². The molecule has 0 radical (unpaired) electrons. The fourth-order valence-electron chi connectivity index (χ4n) is 2.13. The van der Waals surface area contributed by atoms with Crippen molar-refractivity contribution in [2.24, 2.45) is 0 Å². The third-order valence-electron chi connectivity index (χ3n) is 3.33. The van der Waals surface area contributed by atoms with Crippen molar-refractivity contribution in [2.45, 2.75) is 0 Å². The van der Waals surface area contributed by atoms with E-state index < -0.39 is 5.91 Å². The van der Waals surface area contributed by atoms with Crippen LogP contribution in [0.2, 0.25) is 0 Å². The first kappa shape index (κ1) is 17.6. The lowest BCUT2D eigenvalue weighted by Crippen LogP contribution is -2.13. The minimum atomic E-state index is -0.558. The minimum Gasteiger partial charge on any atom is -0.493 e. The molecule has 0 atom stereocenters. The van der Waals surface area contributed by atoms with Gasteiger partial charge in [-0.15, -0.1) is 0 Å². The van der Waals surface area contributed by atoms with Gasteiger partial charge in [0.25, 0.3) is 5.91 Å². The highest BCUT2D eigenvalue weighted by Crippen LogP contribution is 2.29. The van der Waals surface area contributed by atoms with Crippen molar-refractivity contribution in [3.63, 3.8) is 0 Å². The largest absolute Gasteiger partial charge is 0.493 e. The van der Waals surface area contributed by atoms with Gasteiger partial charge in [-0.25, -0.2) is 0 Å². The number of amides is 1. The number of nitriles is 2. The summed E-state index contributed by atoms with van der Waals surface area (Å²) in [6.45, 7) is 0. The Morgan fingerprint density at radius 3 is 2.48 bits per heavy atom. The number of anilines is 1. The smallest absolute Gasteiger partial charge is 0.266 e. The SMILES string of the molecule is COc1ccc(NC(=O)/C(C#N)=C/c2cccc(C#N)c2)cc1OC. The van der Waals surface area contributed by atoms with Crippen LogP contribution in [-0.2, 0) is 4.79 Å². The Balaban J connectivity index is 2.24. The van der Waals surface area contributed by atoms with Gasteiger partial charge >= 0.3 is 0 Å². The molecule has 0 unspecified atom stereocenters. The number of nitrogens with one attached hydrogen (secondary N) is 1. The van der Waals surface area contributed by atoms with Crippen LogP contribution in [0.4, 0.5) is 5.69 Å². The third-order valence-corrected chi connectivity index (χ3v) is 3.33. The van der Waals surface area contributed by atoms with Crippen LogP contribution >= 0.6 is 0 Å². The molecule has 2 aromatic carbocycles. The molecule has 6 nitrogen and oxygen atoms in total. The number of rotatable bonds is 5. The second-order valence-corrected chi connectivity index (χ2v) is 4.93. The Kier molecular flexibility index (Phi) is 5.76. The predicted octanol–water partition coefficient (Wildman–Crippen LogP) is 3.12. The lowest BCUT2D eigenvalue weighted by Gasteiger charge is -2.10. The quantitative estimate of drug-likeness (QED) is 0.670. The number of methoxy groups -OCH3 is 2. The summed E-state index contributed by atoms with van der Waals surface area (Å²) >= 11 is 0. The van der Waals surface area contributed by atoms with Gasteiger partial charge in [-0.05, 0) is 35.9 Å². The predicted molar refractivity (Wildman–Crippen MR) is 92.9 cm³/mol. The number of hydrogen-bond acceptors (Lipinski definition) is 5. The van der Waals surface area contributed by atoms with E-state index in [-0.39, 0.29) is 5.57 Å². The summed E-state index contributed by atoms with van der Waals surface area (Å²) in [7, 11) is 3.01. The number of nitrogens with zero attached hydrogens (tertiary/aromatic N) is 2. The van der Waals surface area contributed by atoms with Crippen molar-refractivity contribution in [2.75, 3.05) is 19.5 Å². The lowest BCUT2D eigenvalue weighted by molar-refractivity contribution is -0.112. The molecule has 1 amide bonds. The van der Waals surface area contributed by atoms with Crippen molar-refractivity contribution < 1.29 is 14.3 Å². The van der Waals surface area contributed by atoms with Crippen LogP contribution in [0.15, 0.2) is 48.0 Å². The monoisotopic (exact) mass is 333 g/mol. The van der Waals surface area contributed by atoms with E-state index in [0.29, 0.717) is 28.3 Å². The summed E-state index contributed by atoms with van der Waals surface area (Å²) in [5.74, 6) is 0.437. The Morgan fingerprint density at radius 2 is 1.84 bits per heavy atom. The molecule has 0 aromatic heterocycles. The van der Waals surface area contributed by atoms with Crippen molar-refractivity contribution in [1.82, 2.24) is 0 Å². The summed E-state index contributed by atoms with van der Waals surface area (Å²) in [6, 6.07) is 15.4. The van der Waals surface area contributed by atoms with Gasteiger partial charge in [0, 0.05) is 11.8 Å². The molecule has 6 heteroatoms. The first-order valence-corrected chi connectivity index (χ1v) is 7.26.